The van der Waals surface area contributed by atoms with Gasteiger partial charge in [-0.3, -0.25) is 9.89 Å². The average molecular weight is 445 g/mol. The highest BCUT2D eigenvalue weighted by molar-refractivity contribution is 5.80. The van der Waals surface area contributed by atoms with Gasteiger partial charge in [-0.1, -0.05) is 54.6 Å². The minimum Gasteiger partial charge on any atom is -0.373 e. The van der Waals surface area contributed by atoms with E-state index in [1.807, 2.05) is 25.8 Å². The second-order valence-electron chi connectivity index (χ2n) is 8.79. The van der Waals surface area contributed by atoms with Crippen molar-refractivity contribution in [1.29, 1.82) is 0 Å². The number of imidazole rings is 1. The van der Waals surface area contributed by atoms with E-state index in [9.17, 15) is 0 Å². The molecule has 0 aliphatic carbocycles. The highest BCUT2D eigenvalue weighted by Crippen LogP contribution is 2.24. The fraction of sp³-hybridized carbons (Fsp3) is 0.385. The van der Waals surface area contributed by atoms with E-state index in [2.05, 4.69) is 84.3 Å². The SMILES string of the molecule is CN=C(NCc1ccc(Cn2ccnc2)cc1)N1CC2OCCN(Cc3ccccc3)C2C1. The number of hydrogen-bond acceptors (Lipinski definition) is 4. The molecule has 2 aliphatic heterocycles. The molecule has 7 heteroatoms. The second kappa shape index (κ2) is 10.2. The minimum absolute atomic E-state index is 0.225. The van der Waals surface area contributed by atoms with Crippen LogP contribution in [0.3, 0.4) is 0 Å². The molecule has 2 saturated heterocycles. The maximum Gasteiger partial charge on any atom is 0.194 e. The summed E-state index contributed by atoms with van der Waals surface area (Å²) in [7, 11) is 1.86. The van der Waals surface area contributed by atoms with Crippen molar-refractivity contribution in [3.8, 4) is 0 Å². The summed E-state index contributed by atoms with van der Waals surface area (Å²) in [5, 5.41) is 3.55. The van der Waals surface area contributed by atoms with Crippen LogP contribution in [-0.4, -0.2) is 70.7 Å². The van der Waals surface area contributed by atoms with Gasteiger partial charge < -0.3 is 19.5 Å². The normalized spacial score (nSPS) is 21.2. The lowest BCUT2D eigenvalue weighted by molar-refractivity contribution is -0.0502. The van der Waals surface area contributed by atoms with Crippen molar-refractivity contribution in [2.24, 2.45) is 4.99 Å². The second-order valence-corrected chi connectivity index (χ2v) is 8.79. The molecule has 2 fully saturated rings. The Hall–Kier alpha value is -3.16. The van der Waals surface area contributed by atoms with E-state index in [1.165, 1.54) is 16.7 Å². The predicted molar refractivity (Wildman–Crippen MR) is 130 cm³/mol. The van der Waals surface area contributed by atoms with Gasteiger partial charge in [-0.05, 0) is 16.7 Å². The molecule has 2 aromatic carbocycles. The van der Waals surface area contributed by atoms with E-state index in [4.69, 9.17) is 4.74 Å². The number of benzene rings is 2. The van der Waals surface area contributed by atoms with Crippen molar-refractivity contribution >= 4 is 5.96 Å². The minimum atomic E-state index is 0.225. The van der Waals surface area contributed by atoms with Crippen LogP contribution in [0.5, 0.6) is 0 Å². The maximum atomic E-state index is 6.14. The maximum absolute atomic E-state index is 6.14. The molecule has 0 amide bonds. The van der Waals surface area contributed by atoms with Crippen LogP contribution >= 0.6 is 0 Å². The van der Waals surface area contributed by atoms with E-state index in [-0.39, 0.29) is 6.10 Å². The predicted octanol–water partition coefficient (Wildman–Crippen LogP) is 2.59. The van der Waals surface area contributed by atoms with Crippen LogP contribution in [0.25, 0.3) is 0 Å². The van der Waals surface area contributed by atoms with Crippen molar-refractivity contribution in [1.82, 2.24) is 24.7 Å². The highest BCUT2D eigenvalue weighted by atomic mass is 16.5. The smallest absolute Gasteiger partial charge is 0.194 e. The van der Waals surface area contributed by atoms with E-state index >= 15 is 0 Å². The van der Waals surface area contributed by atoms with E-state index < -0.39 is 0 Å². The van der Waals surface area contributed by atoms with Crippen molar-refractivity contribution in [3.63, 3.8) is 0 Å². The molecule has 2 atom stereocenters. The van der Waals surface area contributed by atoms with Gasteiger partial charge in [0.05, 0.1) is 25.1 Å². The molecule has 0 spiro atoms. The number of nitrogens with zero attached hydrogens (tertiary/aromatic N) is 5. The van der Waals surface area contributed by atoms with E-state index in [1.54, 1.807) is 0 Å². The molecule has 0 bridgehead atoms. The summed E-state index contributed by atoms with van der Waals surface area (Å²) in [6.45, 7) is 6.13. The quantitative estimate of drug-likeness (QED) is 0.468. The monoisotopic (exact) mass is 444 g/mol. The summed E-state index contributed by atoms with van der Waals surface area (Å²) >= 11 is 0. The molecule has 0 saturated carbocycles. The van der Waals surface area contributed by atoms with Crippen LogP contribution < -0.4 is 5.32 Å². The van der Waals surface area contributed by atoms with Gasteiger partial charge in [-0.15, -0.1) is 0 Å². The average Bonchev–Trinajstić information content (AvgIpc) is 3.52. The Labute approximate surface area is 195 Å². The van der Waals surface area contributed by atoms with E-state index in [0.717, 1.165) is 51.8 Å². The van der Waals surface area contributed by atoms with Crippen LogP contribution in [0.4, 0.5) is 0 Å². The number of morpholine rings is 1. The highest BCUT2D eigenvalue weighted by Gasteiger charge is 2.41. The van der Waals surface area contributed by atoms with Gasteiger partial charge in [0.25, 0.3) is 0 Å². The molecule has 0 radical (unpaired) electrons. The Balaban J connectivity index is 1.17. The number of fused-ring (bicyclic) bond motifs is 1. The number of aromatic nitrogens is 2. The zero-order chi connectivity index (χ0) is 22.5. The number of likely N-dealkylation sites (tertiary alicyclic amines) is 1. The zero-order valence-electron chi connectivity index (χ0n) is 19.2. The molecular formula is C26H32N6O. The summed E-state index contributed by atoms with van der Waals surface area (Å²) in [4.78, 5) is 13.6. The Morgan fingerprint density at radius 3 is 2.58 bits per heavy atom. The first-order valence-electron chi connectivity index (χ1n) is 11.7. The van der Waals surface area contributed by atoms with Gasteiger partial charge in [0.15, 0.2) is 5.96 Å². The van der Waals surface area contributed by atoms with Gasteiger partial charge in [0, 0.05) is 58.7 Å². The lowest BCUT2D eigenvalue weighted by atomic mass is 10.1. The molecular weight excluding hydrogens is 412 g/mol. The topological polar surface area (TPSA) is 57.9 Å². The Morgan fingerprint density at radius 2 is 1.82 bits per heavy atom. The molecule has 3 aromatic rings. The van der Waals surface area contributed by atoms with Gasteiger partial charge >= 0.3 is 0 Å². The fourth-order valence-corrected chi connectivity index (χ4v) is 4.81. The van der Waals surface area contributed by atoms with Crippen molar-refractivity contribution in [2.75, 3.05) is 33.3 Å². The molecule has 3 heterocycles. The number of hydrogen-bond donors (Lipinski definition) is 1. The molecule has 1 N–H and O–H groups in total. The number of aliphatic imine (C=N–C) groups is 1. The first-order chi connectivity index (χ1) is 16.3. The van der Waals surface area contributed by atoms with Crippen molar-refractivity contribution < 1.29 is 4.74 Å². The van der Waals surface area contributed by atoms with Gasteiger partial charge in [-0.2, -0.15) is 0 Å². The van der Waals surface area contributed by atoms with Crippen LogP contribution in [0.15, 0.2) is 78.3 Å². The number of guanidine groups is 1. The van der Waals surface area contributed by atoms with Gasteiger partial charge in [0.1, 0.15) is 0 Å². The molecule has 33 heavy (non-hydrogen) atoms. The number of nitrogens with one attached hydrogen (secondary N) is 1. The fourth-order valence-electron chi connectivity index (χ4n) is 4.81. The number of rotatable bonds is 6. The van der Waals surface area contributed by atoms with E-state index in [0.29, 0.717) is 6.04 Å². The third-order valence-electron chi connectivity index (χ3n) is 6.55. The van der Waals surface area contributed by atoms with Crippen LogP contribution in [-0.2, 0) is 24.4 Å². The molecule has 5 rings (SSSR count). The summed E-state index contributed by atoms with van der Waals surface area (Å²) in [6, 6.07) is 19.8. The first kappa shape index (κ1) is 21.7. The van der Waals surface area contributed by atoms with Crippen LogP contribution in [0, 0.1) is 0 Å². The standard InChI is InChI=1S/C26H32N6O/c1-27-26(29-15-21-7-9-23(10-8-21)16-30-12-11-28-20-30)32-18-24-25(19-32)33-14-13-31(24)17-22-5-3-2-4-6-22/h2-12,20,24-25H,13-19H2,1H3,(H,27,29). The molecule has 7 nitrogen and oxygen atoms in total. The van der Waals surface area contributed by atoms with Crippen LogP contribution in [0.1, 0.15) is 16.7 Å². The summed E-state index contributed by atoms with van der Waals surface area (Å²) < 4.78 is 8.22. The Kier molecular flexibility index (Phi) is 6.69. The third kappa shape index (κ3) is 5.26. The molecule has 1 aromatic heterocycles. The molecule has 2 aliphatic rings. The summed E-state index contributed by atoms with van der Waals surface area (Å²) in [5.74, 6) is 0.940. The van der Waals surface area contributed by atoms with Crippen LogP contribution in [0.2, 0.25) is 0 Å². The lowest BCUT2D eigenvalue weighted by Gasteiger charge is -2.36. The largest absolute Gasteiger partial charge is 0.373 e. The summed E-state index contributed by atoms with van der Waals surface area (Å²) in [6.07, 6.45) is 5.86. The Morgan fingerprint density at radius 1 is 1.03 bits per heavy atom. The molecule has 172 valence electrons. The third-order valence-corrected chi connectivity index (χ3v) is 6.55. The Bertz CT molecular complexity index is 1030. The molecule has 2 unspecified atom stereocenters. The van der Waals surface area contributed by atoms with Gasteiger partial charge in [-0.25, -0.2) is 4.98 Å². The zero-order valence-corrected chi connectivity index (χ0v) is 19.2. The number of ether oxygens (including phenoxy) is 1. The summed E-state index contributed by atoms with van der Waals surface area (Å²) in [5.41, 5.74) is 3.86. The lowest BCUT2D eigenvalue weighted by Crippen LogP contribution is -2.50. The van der Waals surface area contributed by atoms with Crippen molar-refractivity contribution in [2.45, 2.75) is 31.8 Å². The van der Waals surface area contributed by atoms with Gasteiger partial charge in [0.2, 0.25) is 0 Å². The first-order valence-corrected chi connectivity index (χ1v) is 11.7. The van der Waals surface area contributed by atoms with Crippen molar-refractivity contribution in [3.05, 3.63) is 90.0 Å².